The van der Waals surface area contributed by atoms with Gasteiger partial charge in [-0.05, 0) is 44.0 Å². The largest absolute Gasteiger partial charge is 0.325 e. The van der Waals surface area contributed by atoms with E-state index in [1.807, 2.05) is 51.1 Å². The van der Waals surface area contributed by atoms with Gasteiger partial charge in [-0.3, -0.25) is 4.79 Å². The summed E-state index contributed by atoms with van der Waals surface area (Å²) < 4.78 is 0. The van der Waals surface area contributed by atoms with Gasteiger partial charge in [0.15, 0.2) is 0 Å². The van der Waals surface area contributed by atoms with Gasteiger partial charge >= 0.3 is 0 Å². The average molecular weight is 420 g/mol. The minimum Gasteiger partial charge on any atom is -0.325 e. The summed E-state index contributed by atoms with van der Waals surface area (Å²) in [5, 5.41) is 4.58. The molecule has 1 N–H and O–H groups in total. The molecule has 0 bridgehead atoms. The molecule has 0 aliphatic heterocycles. The standard InChI is InChI=1S/C23H21N3OS2/c1-14-9-10-19(15(2)11-14)26-21(27)16(3)28-22-18-12-20(17-7-5-4-6-8-17)29-23(18)25-13-24-22/h4-13,16H,1-3H3,(H,26,27). The van der Waals surface area contributed by atoms with Gasteiger partial charge in [-0.25, -0.2) is 9.97 Å². The molecule has 4 rings (SSSR count). The van der Waals surface area contributed by atoms with E-state index >= 15 is 0 Å². The van der Waals surface area contributed by atoms with E-state index < -0.39 is 0 Å². The molecule has 0 saturated carbocycles. The number of amides is 1. The van der Waals surface area contributed by atoms with Crippen LogP contribution in [-0.2, 0) is 4.79 Å². The van der Waals surface area contributed by atoms with E-state index in [1.54, 1.807) is 17.7 Å². The summed E-state index contributed by atoms with van der Waals surface area (Å²) in [5.74, 6) is -0.0350. The van der Waals surface area contributed by atoms with Gasteiger partial charge in [-0.15, -0.1) is 11.3 Å². The number of thiophene rings is 1. The number of rotatable bonds is 5. The molecule has 6 heteroatoms. The molecule has 4 aromatic rings. The van der Waals surface area contributed by atoms with Gasteiger partial charge in [-0.1, -0.05) is 59.8 Å². The van der Waals surface area contributed by atoms with Crippen molar-refractivity contribution >= 4 is 44.9 Å². The minimum atomic E-state index is -0.283. The third kappa shape index (κ3) is 4.33. The van der Waals surface area contributed by atoms with Crippen LogP contribution in [0.15, 0.2) is 66.0 Å². The lowest BCUT2D eigenvalue weighted by Gasteiger charge is -2.14. The van der Waals surface area contributed by atoms with Crippen LogP contribution in [0.5, 0.6) is 0 Å². The number of anilines is 1. The third-order valence-corrected chi connectivity index (χ3v) is 6.86. The Morgan fingerprint density at radius 2 is 1.86 bits per heavy atom. The maximum atomic E-state index is 12.7. The molecular weight excluding hydrogens is 398 g/mol. The maximum Gasteiger partial charge on any atom is 0.237 e. The molecule has 1 atom stereocenters. The van der Waals surface area contributed by atoms with Gasteiger partial charge in [0, 0.05) is 16.0 Å². The number of thioether (sulfide) groups is 1. The van der Waals surface area contributed by atoms with Crippen LogP contribution in [0.4, 0.5) is 5.69 Å². The van der Waals surface area contributed by atoms with Gasteiger partial charge in [0.25, 0.3) is 0 Å². The zero-order valence-electron chi connectivity index (χ0n) is 16.5. The van der Waals surface area contributed by atoms with E-state index in [4.69, 9.17) is 0 Å². The SMILES string of the molecule is Cc1ccc(NC(=O)C(C)Sc2ncnc3sc(-c4ccccc4)cc23)c(C)c1. The summed E-state index contributed by atoms with van der Waals surface area (Å²) in [4.78, 5) is 23.7. The fourth-order valence-corrected chi connectivity index (χ4v) is 5.04. The lowest BCUT2D eigenvalue weighted by molar-refractivity contribution is -0.115. The fraction of sp³-hybridized carbons (Fsp3) is 0.174. The summed E-state index contributed by atoms with van der Waals surface area (Å²) in [6, 6.07) is 18.4. The Balaban J connectivity index is 1.55. The second-order valence-corrected chi connectivity index (χ2v) is 9.30. The van der Waals surface area contributed by atoms with Crippen LogP contribution in [0, 0.1) is 13.8 Å². The normalized spacial score (nSPS) is 12.1. The van der Waals surface area contributed by atoms with Crippen molar-refractivity contribution in [1.29, 1.82) is 0 Å². The van der Waals surface area contributed by atoms with E-state index in [1.165, 1.54) is 17.3 Å². The molecule has 29 heavy (non-hydrogen) atoms. The van der Waals surface area contributed by atoms with Crippen LogP contribution in [-0.4, -0.2) is 21.1 Å². The smallest absolute Gasteiger partial charge is 0.237 e. The molecule has 1 unspecified atom stereocenters. The van der Waals surface area contributed by atoms with Crippen molar-refractivity contribution in [2.24, 2.45) is 0 Å². The van der Waals surface area contributed by atoms with Gasteiger partial charge in [0.2, 0.25) is 5.91 Å². The van der Waals surface area contributed by atoms with Crippen LogP contribution >= 0.6 is 23.1 Å². The zero-order chi connectivity index (χ0) is 20.4. The van der Waals surface area contributed by atoms with Crippen molar-refractivity contribution in [3.63, 3.8) is 0 Å². The Morgan fingerprint density at radius 3 is 2.62 bits per heavy atom. The van der Waals surface area contributed by atoms with Crippen molar-refractivity contribution in [3.8, 4) is 10.4 Å². The van der Waals surface area contributed by atoms with E-state index in [2.05, 4.69) is 39.6 Å². The molecule has 2 aromatic heterocycles. The lowest BCUT2D eigenvalue weighted by atomic mass is 10.1. The molecule has 0 saturated heterocycles. The highest BCUT2D eigenvalue weighted by atomic mass is 32.2. The topological polar surface area (TPSA) is 54.9 Å². The first-order chi connectivity index (χ1) is 14.0. The number of hydrogen-bond acceptors (Lipinski definition) is 5. The molecule has 0 radical (unpaired) electrons. The van der Waals surface area contributed by atoms with Crippen molar-refractivity contribution in [2.75, 3.05) is 5.32 Å². The number of carbonyl (C=O) groups is 1. The van der Waals surface area contributed by atoms with Crippen molar-refractivity contribution in [3.05, 3.63) is 72.1 Å². The summed E-state index contributed by atoms with van der Waals surface area (Å²) in [5.41, 5.74) is 4.25. The van der Waals surface area contributed by atoms with Crippen LogP contribution < -0.4 is 5.32 Å². The highest BCUT2D eigenvalue weighted by molar-refractivity contribution is 8.00. The lowest BCUT2D eigenvalue weighted by Crippen LogP contribution is -2.23. The van der Waals surface area contributed by atoms with Crippen LogP contribution in [0.2, 0.25) is 0 Å². The Morgan fingerprint density at radius 1 is 1.07 bits per heavy atom. The summed E-state index contributed by atoms with van der Waals surface area (Å²) in [7, 11) is 0. The molecule has 0 fully saturated rings. The quantitative estimate of drug-likeness (QED) is 0.314. The average Bonchev–Trinajstić information content (AvgIpc) is 3.16. The Bertz CT molecular complexity index is 1170. The van der Waals surface area contributed by atoms with Crippen molar-refractivity contribution in [1.82, 2.24) is 9.97 Å². The minimum absolute atomic E-state index is 0.0350. The number of hydrogen-bond donors (Lipinski definition) is 1. The summed E-state index contributed by atoms with van der Waals surface area (Å²) in [6.45, 7) is 5.95. The van der Waals surface area contributed by atoms with Crippen molar-refractivity contribution in [2.45, 2.75) is 31.0 Å². The number of aromatic nitrogens is 2. The first-order valence-electron chi connectivity index (χ1n) is 9.36. The molecule has 2 heterocycles. The molecule has 2 aromatic carbocycles. The maximum absolute atomic E-state index is 12.7. The second-order valence-electron chi connectivity index (χ2n) is 6.94. The Kier molecular flexibility index (Phi) is 5.65. The molecular formula is C23H21N3OS2. The van der Waals surface area contributed by atoms with E-state index in [0.717, 1.165) is 36.9 Å². The Hall–Kier alpha value is -2.70. The molecule has 4 nitrogen and oxygen atoms in total. The zero-order valence-corrected chi connectivity index (χ0v) is 18.1. The third-order valence-electron chi connectivity index (χ3n) is 4.65. The summed E-state index contributed by atoms with van der Waals surface area (Å²) >= 11 is 3.10. The molecule has 0 aliphatic carbocycles. The number of fused-ring (bicyclic) bond motifs is 1. The predicted molar refractivity (Wildman–Crippen MR) is 123 cm³/mol. The van der Waals surface area contributed by atoms with Crippen LogP contribution in [0.1, 0.15) is 18.1 Å². The van der Waals surface area contributed by atoms with Crippen molar-refractivity contribution < 1.29 is 4.79 Å². The highest BCUT2D eigenvalue weighted by Gasteiger charge is 2.19. The van der Waals surface area contributed by atoms with Gasteiger partial charge < -0.3 is 5.32 Å². The fourth-order valence-electron chi connectivity index (χ4n) is 3.08. The van der Waals surface area contributed by atoms with E-state index in [9.17, 15) is 4.79 Å². The van der Waals surface area contributed by atoms with E-state index in [0.29, 0.717) is 0 Å². The molecule has 0 spiro atoms. The summed E-state index contributed by atoms with van der Waals surface area (Å²) in [6.07, 6.45) is 1.57. The van der Waals surface area contributed by atoms with Gasteiger partial charge in [0.05, 0.1) is 5.25 Å². The van der Waals surface area contributed by atoms with Crippen LogP contribution in [0.25, 0.3) is 20.7 Å². The first kappa shape index (κ1) is 19.6. The number of carbonyl (C=O) groups excluding carboxylic acids is 1. The number of benzene rings is 2. The second kappa shape index (κ2) is 8.35. The molecule has 146 valence electrons. The number of nitrogens with zero attached hydrogens (tertiary/aromatic N) is 2. The number of nitrogens with one attached hydrogen (secondary N) is 1. The molecule has 1 amide bonds. The Labute approximate surface area is 178 Å². The van der Waals surface area contributed by atoms with E-state index in [-0.39, 0.29) is 11.2 Å². The van der Waals surface area contributed by atoms with Crippen LogP contribution in [0.3, 0.4) is 0 Å². The highest BCUT2D eigenvalue weighted by Crippen LogP contribution is 2.37. The first-order valence-corrected chi connectivity index (χ1v) is 11.1. The number of aryl methyl sites for hydroxylation is 2. The monoisotopic (exact) mass is 419 g/mol. The van der Waals surface area contributed by atoms with Gasteiger partial charge in [-0.2, -0.15) is 0 Å². The molecule has 0 aliphatic rings. The van der Waals surface area contributed by atoms with Gasteiger partial charge in [0.1, 0.15) is 16.2 Å². The predicted octanol–water partition coefficient (Wildman–Crippen LogP) is 6.09.